The number of carbonyl (C=O) groups is 6. The van der Waals surface area contributed by atoms with Crippen LogP contribution in [0, 0.1) is 11.3 Å². The molecule has 0 bridgehead atoms. The van der Waals surface area contributed by atoms with E-state index in [2.05, 4.69) is 11.4 Å². The van der Waals surface area contributed by atoms with E-state index in [0.717, 1.165) is 49.8 Å². The van der Waals surface area contributed by atoms with Crippen molar-refractivity contribution >= 4 is 82.2 Å². The zero-order valence-electron chi connectivity index (χ0n) is 30.6. The minimum absolute atomic E-state index is 0.112. The minimum Gasteiger partial charge on any atom is -0.312 e. The second kappa shape index (κ2) is 16.5. The van der Waals surface area contributed by atoms with E-state index in [-0.39, 0.29) is 61.0 Å². The number of halogens is 4. The first-order valence-corrected chi connectivity index (χ1v) is 20.0. The Kier molecular flexibility index (Phi) is 11.7. The molecular formula is C40H37Cl4N7O6. The van der Waals surface area contributed by atoms with Gasteiger partial charge in [-0.2, -0.15) is 5.26 Å². The van der Waals surface area contributed by atoms with Gasteiger partial charge >= 0.3 is 18.1 Å². The van der Waals surface area contributed by atoms with Crippen LogP contribution in [0.1, 0.15) is 60.8 Å². The van der Waals surface area contributed by atoms with Crippen molar-refractivity contribution in [1.82, 2.24) is 29.8 Å². The summed E-state index contributed by atoms with van der Waals surface area (Å²) in [5.41, 5.74) is 2.12. The van der Waals surface area contributed by atoms with E-state index in [1.807, 2.05) is 12.1 Å². The zero-order valence-corrected chi connectivity index (χ0v) is 33.6. The maximum Gasteiger partial charge on any atom is 0.327 e. The van der Waals surface area contributed by atoms with Gasteiger partial charge in [-0.3, -0.25) is 29.5 Å². The Hall–Kier alpha value is -4.87. The molecule has 3 aromatic rings. The molecule has 0 radical (unpaired) electrons. The molecule has 6 aliphatic heterocycles. The summed E-state index contributed by atoms with van der Waals surface area (Å²) < 4.78 is 0. The standard InChI is InChI=1S/C21H17Cl2N3O2.C13H12Cl2N2O2.C6H8N2O2/c22-17-8-16(9-18(23)10-17)13-25-19(27)21(6-1-7-26(21)20(25)28)11-14-2-4-15(12-24)5-3-14;14-9-4-8(5-10(15)6-9)7-17-12(18)11-2-1-3-16(11)13(17)19;9-5-4-2-1-3-8(4)6(10)7-5/h2-5,8-10H,1,6-7,11,13H2;4-6,11H,1-3,7H2;4H,1-3H2,(H,7,9,10). The maximum atomic E-state index is 13.4. The molecule has 3 aromatic carbocycles. The lowest BCUT2D eigenvalue weighted by Gasteiger charge is -2.28. The van der Waals surface area contributed by atoms with Gasteiger partial charge < -0.3 is 14.7 Å². The summed E-state index contributed by atoms with van der Waals surface area (Å²) in [6.07, 6.45) is 5.32. The monoisotopic (exact) mass is 851 g/mol. The molecule has 6 saturated heterocycles. The number of imide groups is 3. The van der Waals surface area contributed by atoms with Crippen molar-refractivity contribution in [3.63, 3.8) is 0 Å². The molecule has 57 heavy (non-hydrogen) atoms. The normalized spacial score (nSPS) is 23.2. The van der Waals surface area contributed by atoms with E-state index in [9.17, 15) is 28.8 Å². The lowest BCUT2D eigenvalue weighted by atomic mass is 9.88. The molecule has 9 amide bonds. The first kappa shape index (κ1) is 40.3. The van der Waals surface area contributed by atoms with E-state index in [0.29, 0.717) is 57.1 Å². The van der Waals surface area contributed by atoms with Gasteiger partial charge in [0.2, 0.25) is 0 Å². The van der Waals surface area contributed by atoms with Gasteiger partial charge in [-0.15, -0.1) is 0 Å². The third kappa shape index (κ3) is 8.14. The first-order chi connectivity index (χ1) is 27.3. The lowest BCUT2D eigenvalue weighted by molar-refractivity contribution is -0.133. The summed E-state index contributed by atoms with van der Waals surface area (Å²) in [6, 6.07) is 18.3. The Morgan fingerprint density at radius 1 is 0.667 bits per heavy atom. The fraction of sp³-hybridized carbons (Fsp3) is 0.375. The van der Waals surface area contributed by atoms with Gasteiger partial charge in [-0.1, -0.05) is 58.5 Å². The molecule has 3 atom stereocenters. The predicted octanol–water partition coefficient (Wildman–Crippen LogP) is 7.03. The van der Waals surface area contributed by atoms with Crippen molar-refractivity contribution in [3.8, 4) is 6.07 Å². The highest BCUT2D eigenvalue weighted by Gasteiger charge is 2.59. The fourth-order valence-corrected chi connectivity index (χ4v) is 9.58. The summed E-state index contributed by atoms with van der Waals surface area (Å²) >= 11 is 24.0. The number of amides is 9. The second-order valence-corrected chi connectivity index (χ2v) is 16.5. The van der Waals surface area contributed by atoms with Crippen LogP contribution in [0.3, 0.4) is 0 Å². The van der Waals surface area contributed by atoms with Crippen LogP contribution in [0.25, 0.3) is 0 Å². The summed E-state index contributed by atoms with van der Waals surface area (Å²) in [6.45, 7) is 2.34. The molecular weight excluding hydrogens is 816 g/mol. The number of urea groups is 3. The van der Waals surface area contributed by atoms with Crippen molar-refractivity contribution < 1.29 is 28.8 Å². The van der Waals surface area contributed by atoms with Crippen LogP contribution < -0.4 is 5.32 Å². The van der Waals surface area contributed by atoms with Crippen LogP contribution in [0.2, 0.25) is 20.1 Å². The number of nitrogens with zero attached hydrogens (tertiary/aromatic N) is 6. The van der Waals surface area contributed by atoms with Gasteiger partial charge in [0.25, 0.3) is 17.7 Å². The molecule has 3 unspecified atom stereocenters. The number of benzene rings is 3. The molecule has 0 saturated carbocycles. The van der Waals surface area contributed by atoms with Crippen LogP contribution in [0.4, 0.5) is 14.4 Å². The topological polar surface area (TPSA) is 154 Å². The Morgan fingerprint density at radius 2 is 1.23 bits per heavy atom. The molecule has 6 heterocycles. The molecule has 9 rings (SSSR count). The Labute approximate surface area is 348 Å². The van der Waals surface area contributed by atoms with E-state index >= 15 is 0 Å². The Balaban J connectivity index is 0.000000146. The Morgan fingerprint density at radius 3 is 1.79 bits per heavy atom. The minimum atomic E-state index is -0.854. The summed E-state index contributed by atoms with van der Waals surface area (Å²) in [5, 5.41) is 13.2. The van der Waals surface area contributed by atoms with E-state index in [1.54, 1.807) is 63.2 Å². The molecule has 296 valence electrons. The molecule has 6 aliphatic rings. The van der Waals surface area contributed by atoms with E-state index < -0.39 is 5.54 Å². The van der Waals surface area contributed by atoms with Crippen molar-refractivity contribution in [2.45, 2.75) is 75.7 Å². The van der Waals surface area contributed by atoms with Crippen LogP contribution in [-0.4, -0.2) is 97.6 Å². The molecule has 6 fully saturated rings. The Bertz CT molecular complexity index is 2120. The van der Waals surface area contributed by atoms with Gasteiger partial charge in [-0.05, 0) is 104 Å². The zero-order chi connectivity index (χ0) is 40.6. The number of nitriles is 1. The molecule has 0 aromatic heterocycles. The number of fused-ring (bicyclic) bond motifs is 3. The van der Waals surface area contributed by atoms with Gasteiger partial charge in [-0.25, -0.2) is 14.4 Å². The van der Waals surface area contributed by atoms with E-state index in [1.165, 1.54) is 9.80 Å². The molecule has 0 aliphatic carbocycles. The van der Waals surface area contributed by atoms with Crippen LogP contribution in [0.5, 0.6) is 0 Å². The van der Waals surface area contributed by atoms with Crippen LogP contribution >= 0.6 is 46.4 Å². The van der Waals surface area contributed by atoms with Gasteiger partial charge in [0.1, 0.15) is 17.6 Å². The lowest BCUT2D eigenvalue weighted by Crippen LogP contribution is -2.47. The number of hydrogen-bond acceptors (Lipinski definition) is 7. The third-order valence-electron chi connectivity index (χ3n) is 11.0. The SMILES string of the molecule is N#Cc1ccc(CC23CCCN2C(=O)N(Cc2cc(Cl)cc(Cl)c2)C3=O)cc1.O=C1C2CCCN2C(=O)N1Cc1cc(Cl)cc(Cl)c1.O=C1NC(=O)N2CCCC12. The predicted molar refractivity (Wildman–Crippen MR) is 211 cm³/mol. The van der Waals surface area contributed by atoms with E-state index in [4.69, 9.17) is 51.7 Å². The maximum absolute atomic E-state index is 13.4. The van der Waals surface area contributed by atoms with Crippen molar-refractivity contribution in [2.75, 3.05) is 19.6 Å². The van der Waals surface area contributed by atoms with Crippen molar-refractivity contribution in [3.05, 3.63) is 103 Å². The first-order valence-electron chi connectivity index (χ1n) is 18.5. The molecule has 17 heteroatoms. The smallest absolute Gasteiger partial charge is 0.312 e. The second-order valence-electron chi connectivity index (χ2n) is 14.7. The highest BCUT2D eigenvalue weighted by Crippen LogP contribution is 2.41. The summed E-state index contributed by atoms with van der Waals surface area (Å²) in [7, 11) is 0. The molecule has 1 N–H and O–H groups in total. The average molecular weight is 854 g/mol. The summed E-state index contributed by atoms with van der Waals surface area (Å²) in [5.74, 6) is -0.420. The van der Waals surface area contributed by atoms with Crippen LogP contribution in [0.15, 0.2) is 60.7 Å². The van der Waals surface area contributed by atoms with Gasteiger partial charge in [0.15, 0.2) is 0 Å². The third-order valence-corrected chi connectivity index (χ3v) is 11.9. The number of nitrogens with one attached hydrogen (secondary N) is 1. The highest BCUT2D eigenvalue weighted by molar-refractivity contribution is 6.35. The molecule has 0 spiro atoms. The quantitative estimate of drug-likeness (QED) is 0.262. The fourth-order valence-electron chi connectivity index (χ4n) is 8.44. The number of carbonyl (C=O) groups excluding carboxylic acids is 6. The average Bonchev–Trinajstić information content (AvgIpc) is 4.02. The largest absolute Gasteiger partial charge is 0.327 e. The summed E-state index contributed by atoms with van der Waals surface area (Å²) in [4.78, 5) is 79.9. The van der Waals surface area contributed by atoms with Crippen LogP contribution in [-0.2, 0) is 33.9 Å². The van der Waals surface area contributed by atoms with Crippen molar-refractivity contribution in [2.24, 2.45) is 0 Å². The number of rotatable bonds is 6. The van der Waals surface area contributed by atoms with Gasteiger partial charge in [0.05, 0.1) is 24.7 Å². The van der Waals surface area contributed by atoms with Gasteiger partial charge in [0, 0.05) is 46.1 Å². The molecule has 13 nitrogen and oxygen atoms in total. The highest BCUT2D eigenvalue weighted by atomic mass is 35.5. The van der Waals surface area contributed by atoms with Crippen molar-refractivity contribution in [1.29, 1.82) is 5.26 Å². The number of hydrogen-bond donors (Lipinski definition) is 1.